The summed E-state index contributed by atoms with van der Waals surface area (Å²) in [4.78, 5) is 0. The summed E-state index contributed by atoms with van der Waals surface area (Å²) in [5, 5.41) is 45.9. The van der Waals surface area contributed by atoms with E-state index in [0.29, 0.717) is 48.5 Å². The second-order valence-electron chi connectivity index (χ2n) is 4.16. The Balaban J connectivity index is -0.000000372. The van der Waals surface area contributed by atoms with Crippen LogP contribution in [0.15, 0.2) is 71.2 Å². The van der Waals surface area contributed by atoms with E-state index < -0.39 is 0 Å². The average molecular weight is 395 g/mol. The Morgan fingerprint density at radius 2 is 0.680 bits per heavy atom. The molecule has 8 nitrogen and oxygen atoms in total. The van der Waals surface area contributed by atoms with Crippen molar-refractivity contribution in [3.05, 3.63) is 50.6 Å². The Bertz CT molecular complexity index is 444. The molecule has 0 rings (SSSR count). The first-order valence-corrected chi connectivity index (χ1v) is 6.87. The molecule has 0 bridgehead atoms. The molecule has 0 amide bonds. The molecule has 1 radical (unpaired) electrons. The fraction of sp³-hybridized carbons (Fsp3) is 0.250. The summed E-state index contributed by atoms with van der Waals surface area (Å²) in [6.45, 7) is 13.9. The minimum absolute atomic E-state index is 0. The van der Waals surface area contributed by atoms with Crippen molar-refractivity contribution in [1.29, 1.82) is 0 Å². The van der Waals surface area contributed by atoms with E-state index in [1.165, 1.54) is 0 Å². The third-order valence-electron chi connectivity index (χ3n) is 2.50. The van der Waals surface area contributed by atoms with Crippen molar-refractivity contribution in [2.45, 2.75) is 25.7 Å². The minimum Gasteiger partial charge on any atom is -0.411 e. The van der Waals surface area contributed by atoms with Gasteiger partial charge >= 0.3 is 0 Å². The molecule has 0 fully saturated rings. The Morgan fingerprint density at radius 3 is 0.760 bits per heavy atom. The van der Waals surface area contributed by atoms with Crippen molar-refractivity contribution in [1.82, 2.24) is 0 Å². The SMILES string of the molecule is C=CCC(=NO)C(CC=C)=NO.C=CCC(=NO)C(CC=C)=NO.[Co]. The van der Waals surface area contributed by atoms with E-state index in [1.807, 2.05) is 0 Å². The second kappa shape index (κ2) is 19.4. The molecule has 0 saturated heterocycles. The van der Waals surface area contributed by atoms with Crippen LogP contribution in [0, 0.1) is 0 Å². The Hall–Kier alpha value is -2.65. The number of rotatable bonds is 10. The van der Waals surface area contributed by atoms with E-state index in [1.54, 1.807) is 24.3 Å². The summed E-state index contributed by atoms with van der Waals surface area (Å²) in [7, 11) is 0. The van der Waals surface area contributed by atoms with Gasteiger partial charge in [0.2, 0.25) is 0 Å². The van der Waals surface area contributed by atoms with Crippen LogP contribution in [-0.4, -0.2) is 43.7 Å². The molecule has 0 aromatic heterocycles. The van der Waals surface area contributed by atoms with Crippen LogP contribution in [0.4, 0.5) is 0 Å². The van der Waals surface area contributed by atoms with Crippen molar-refractivity contribution >= 4 is 22.8 Å². The molecule has 0 aromatic rings. The van der Waals surface area contributed by atoms with Crippen LogP contribution in [0.25, 0.3) is 0 Å². The summed E-state index contributed by atoms with van der Waals surface area (Å²) >= 11 is 0. The number of hydrogen-bond donors (Lipinski definition) is 4. The molecule has 25 heavy (non-hydrogen) atoms. The maximum absolute atomic E-state index is 8.50. The first kappa shape index (κ1) is 27.2. The summed E-state index contributed by atoms with van der Waals surface area (Å²) in [6.07, 6.45) is 7.69. The summed E-state index contributed by atoms with van der Waals surface area (Å²) < 4.78 is 0. The predicted molar refractivity (Wildman–Crippen MR) is 96.1 cm³/mol. The average Bonchev–Trinajstić information content (AvgIpc) is 2.61. The first-order chi connectivity index (χ1) is 11.6. The molecule has 0 aliphatic carbocycles. The zero-order valence-corrected chi connectivity index (χ0v) is 14.9. The smallest absolute Gasteiger partial charge is 0.108 e. The van der Waals surface area contributed by atoms with Gasteiger partial charge in [-0.15, -0.1) is 26.3 Å². The molecule has 0 aliphatic heterocycles. The number of nitrogens with zero attached hydrogens (tertiary/aromatic N) is 4. The van der Waals surface area contributed by atoms with E-state index in [9.17, 15) is 0 Å². The molecule has 4 N–H and O–H groups in total. The number of oxime groups is 4. The zero-order valence-electron chi connectivity index (χ0n) is 13.9. The van der Waals surface area contributed by atoms with Crippen molar-refractivity contribution in [3.8, 4) is 0 Å². The molecule has 0 atom stereocenters. The standard InChI is InChI=1S/2C8H12N2O2.Co/c2*1-3-5-7(9-11)8(10-12)6-4-2;/h2*3-4,11-12H,1-2,5-6H2;. The Morgan fingerprint density at radius 1 is 0.520 bits per heavy atom. The second-order valence-corrected chi connectivity index (χ2v) is 4.16. The van der Waals surface area contributed by atoms with Crippen molar-refractivity contribution in [2.24, 2.45) is 20.6 Å². The van der Waals surface area contributed by atoms with Gasteiger partial charge in [0.25, 0.3) is 0 Å². The molecule has 0 unspecified atom stereocenters. The minimum atomic E-state index is 0. The normalized spacial score (nSPS) is 12.2. The predicted octanol–water partition coefficient (Wildman–Crippen LogP) is 3.60. The Kier molecular flexibility index (Phi) is 21.1. The molecule has 0 spiro atoms. The topological polar surface area (TPSA) is 130 Å². The third-order valence-corrected chi connectivity index (χ3v) is 2.50. The van der Waals surface area contributed by atoms with Gasteiger partial charge in [0, 0.05) is 42.5 Å². The van der Waals surface area contributed by atoms with E-state index in [4.69, 9.17) is 20.8 Å². The van der Waals surface area contributed by atoms with E-state index in [0.717, 1.165) is 0 Å². The third kappa shape index (κ3) is 12.4. The first-order valence-electron chi connectivity index (χ1n) is 6.87. The van der Waals surface area contributed by atoms with E-state index in [-0.39, 0.29) is 16.8 Å². The van der Waals surface area contributed by atoms with Gasteiger partial charge in [-0.2, -0.15) is 0 Å². The largest absolute Gasteiger partial charge is 0.411 e. The van der Waals surface area contributed by atoms with Gasteiger partial charge in [0.1, 0.15) is 22.8 Å². The van der Waals surface area contributed by atoms with Crippen molar-refractivity contribution in [2.75, 3.05) is 0 Å². The van der Waals surface area contributed by atoms with Crippen LogP contribution in [0.2, 0.25) is 0 Å². The molecule has 9 heteroatoms. The Labute approximate surface area is 157 Å². The van der Waals surface area contributed by atoms with E-state index >= 15 is 0 Å². The van der Waals surface area contributed by atoms with Gasteiger partial charge in [-0.1, -0.05) is 44.9 Å². The fourth-order valence-corrected chi connectivity index (χ4v) is 1.41. The van der Waals surface area contributed by atoms with Gasteiger partial charge in [-0.3, -0.25) is 0 Å². The molecular weight excluding hydrogens is 371 g/mol. The van der Waals surface area contributed by atoms with Crippen LogP contribution in [0.1, 0.15) is 25.7 Å². The van der Waals surface area contributed by atoms with Crippen LogP contribution < -0.4 is 0 Å². The van der Waals surface area contributed by atoms with E-state index in [2.05, 4.69) is 46.9 Å². The van der Waals surface area contributed by atoms with Gasteiger partial charge in [-0.25, -0.2) is 0 Å². The summed E-state index contributed by atoms with van der Waals surface area (Å²) in [5.41, 5.74) is 1.19. The van der Waals surface area contributed by atoms with Gasteiger partial charge < -0.3 is 20.8 Å². The number of hydrogen-bond acceptors (Lipinski definition) is 8. The molecule has 0 aliphatic rings. The summed E-state index contributed by atoms with van der Waals surface area (Å²) in [5.74, 6) is 0. The maximum atomic E-state index is 8.50. The number of allylic oxidation sites excluding steroid dienone is 4. The van der Waals surface area contributed by atoms with Gasteiger partial charge in [0.15, 0.2) is 0 Å². The van der Waals surface area contributed by atoms with Crippen LogP contribution in [0.5, 0.6) is 0 Å². The zero-order chi connectivity index (χ0) is 18.8. The molecular formula is C16H24CoN4O4. The van der Waals surface area contributed by atoms with Crippen molar-refractivity contribution in [3.63, 3.8) is 0 Å². The molecule has 0 saturated carbocycles. The fourth-order valence-electron chi connectivity index (χ4n) is 1.41. The molecule has 0 heterocycles. The van der Waals surface area contributed by atoms with Crippen molar-refractivity contribution < 1.29 is 37.6 Å². The molecule has 141 valence electrons. The van der Waals surface area contributed by atoms with Gasteiger partial charge in [-0.05, 0) is 0 Å². The molecule has 0 aromatic carbocycles. The quantitative estimate of drug-likeness (QED) is 0.195. The van der Waals surface area contributed by atoms with Crippen LogP contribution in [0.3, 0.4) is 0 Å². The van der Waals surface area contributed by atoms with Crippen LogP contribution in [-0.2, 0) is 16.8 Å². The van der Waals surface area contributed by atoms with Crippen LogP contribution >= 0.6 is 0 Å². The maximum Gasteiger partial charge on any atom is 0.108 e. The summed E-state index contributed by atoms with van der Waals surface area (Å²) in [6, 6.07) is 0. The van der Waals surface area contributed by atoms with Gasteiger partial charge in [0.05, 0.1) is 0 Å². The monoisotopic (exact) mass is 395 g/mol.